The molecule has 1 aromatic heterocycles. The van der Waals surface area contributed by atoms with Crippen LogP contribution in [0.1, 0.15) is 29.4 Å². The van der Waals surface area contributed by atoms with Crippen LogP contribution in [0.25, 0.3) is 0 Å². The smallest absolute Gasteiger partial charge is 0.315 e. The number of nitrogens with zero attached hydrogens (tertiary/aromatic N) is 2. The lowest BCUT2D eigenvalue weighted by Gasteiger charge is -2.29. The highest BCUT2D eigenvalue weighted by Gasteiger charge is 2.39. The lowest BCUT2D eigenvalue weighted by Crippen LogP contribution is -2.46. The van der Waals surface area contributed by atoms with Crippen molar-refractivity contribution in [1.82, 2.24) is 15.1 Å². The summed E-state index contributed by atoms with van der Waals surface area (Å²) in [6.07, 6.45) is 1.90. The molecule has 1 aromatic carbocycles. The van der Waals surface area contributed by atoms with E-state index in [4.69, 9.17) is 0 Å². The van der Waals surface area contributed by atoms with Gasteiger partial charge >= 0.3 is 5.97 Å². The first-order valence-electron chi connectivity index (χ1n) is 7.06. The summed E-state index contributed by atoms with van der Waals surface area (Å²) in [7, 11) is 1.66. The molecule has 116 valence electrons. The number of rotatable bonds is 6. The van der Waals surface area contributed by atoms with Crippen molar-refractivity contribution < 1.29 is 14.7 Å². The van der Waals surface area contributed by atoms with Gasteiger partial charge in [0.2, 0.25) is 0 Å². The monoisotopic (exact) mass is 301 g/mol. The molecular formula is C16H19N3O3. The molecular weight excluding hydrogens is 282 g/mol. The Kier molecular flexibility index (Phi) is 4.60. The van der Waals surface area contributed by atoms with Gasteiger partial charge in [0, 0.05) is 19.8 Å². The average Bonchev–Trinajstić information content (AvgIpc) is 2.95. The van der Waals surface area contributed by atoms with Crippen molar-refractivity contribution in [2.45, 2.75) is 18.8 Å². The Labute approximate surface area is 128 Å². The number of aromatic nitrogens is 2. The molecule has 0 fully saturated rings. The van der Waals surface area contributed by atoms with Crippen molar-refractivity contribution in [2.24, 2.45) is 7.05 Å². The zero-order valence-electron chi connectivity index (χ0n) is 12.6. The predicted octanol–water partition coefficient (Wildman–Crippen LogP) is 1.58. The molecule has 1 amide bonds. The van der Waals surface area contributed by atoms with Crippen molar-refractivity contribution in [3.05, 3.63) is 53.9 Å². The van der Waals surface area contributed by atoms with Crippen LogP contribution in [0.3, 0.4) is 0 Å². The van der Waals surface area contributed by atoms with Crippen LogP contribution in [0.4, 0.5) is 0 Å². The zero-order valence-corrected chi connectivity index (χ0v) is 12.6. The third-order valence-corrected chi connectivity index (χ3v) is 3.94. The Morgan fingerprint density at radius 1 is 1.27 bits per heavy atom. The van der Waals surface area contributed by atoms with Crippen LogP contribution in [0.5, 0.6) is 0 Å². The Morgan fingerprint density at radius 2 is 1.95 bits per heavy atom. The second-order valence-corrected chi connectivity index (χ2v) is 5.13. The van der Waals surface area contributed by atoms with E-state index in [0.717, 1.165) is 0 Å². The number of aliphatic carboxylic acids is 1. The molecule has 0 bridgehead atoms. The topological polar surface area (TPSA) is 84.2 Å². The van der Waals surface area contributed by atoms with E-state index in [9.17, 15) is 14.7 Å². The van der Waals surface area contributed by atoms with Crippen LogP contribution >= 0.6 is 0 Å². The first-order valence-corrected chi connectivity index (χ1v) is 7.06. The van der Waals surface area contributed by atoms with Crippen molar-refractivity contribution in [3.63, 3.8) is 0 Å². The molecule has 22 heavy (non-hydrogen) atoms. The SMILES string of the molecule is CCC(CNC(=O)c1ccnn1C)(C(=O)O)c1ccccc1. The van der Waals surface area contributed by atoms with Gasteiger partial charge in [-0.15, -0.1) is 0 Å². The molecule has 2 rings (SSSR count). The van der Waals surface area contributed by atoms with Gasteiger partial charge in [-0.05, 0) is 18.1 Å². The molecule has 2 N–H and O–H groups in total. The third kappa shape index (κ3) is 2.86. The summed E-state index contributed by atoms with van der Waals surface area (Å²) in [6.45, 7) is 1.82. The second kappa shape index (κ2) is 6.43. The standard InChI is InChI=1S/C16H19N3O3/c1-3-16(15(21)22,12-7-5-4-6-8-12)11-17-14(20)13-9-10-18-19(13)2/h4-10H,3,11H2,1-2H3,(H,17,20)(H,21,22). The quantitative estimate of drug-likeness (QED) is 0.848. The molecule has 6 heteroatoms. The van der Waals surface area contributed by atoms with Gasteiger partial charge in [0.15, 0.2) is 0 Å². The minimum Gasteiger partial charge on any atom is -0.481 e. The minimum atomic E-state index is -1.14. The van der Waals surface area contributed by atoms with Gasteiger partial charge in [-0.1, -0.05) is 37.3 Å². The number of hydrogen-bond acceptors (Lipinski definition) is 3. The number of aryl methyl sites for hydroxylation is 1. The number of carboxylic acids is 1. The number of benzene rings is 1. The number of hydrogen-bond donors (Lipinski definition) is 2. The van der Waals surface area contributed by atoms with Gasteiger partial charge in [0.25, 0.3) is 5.91 Å². The Bertz CT molecular complexity index is 666. The molecule has 0 saturated carbocycles. The van der Waals surface area contributed by atoms with Crippen molar-refractivity contribution in [2.75, 3.05) is 6.54 Å². The molecule has 1 heterocycles. The second-order valence-electron chi connectivity index (χ2n) is 5.13. The molecule has 0 radical (unpaired) electrons. The van der Waals surface area contributed by atoms with Gasteiger partial charge in [-0.3, -0.25) is 14.3 Å². The van der Waals surface area contributed by atoms with Gasteiger partial charge in [0.05, 0.1) is 0 Å². The van der Waals surface area contributed by atoms with E-state index in [-0.39, 0.29) is 12.5 Å². The molecule has 6 nitrogen and oxygen atoms in total. The molecule has 0 spiro atoms. The van der Waals surface area contributed by atoms with Crippen molar-refractivity contribution in [1.29, 1.82) is 0 Å². The molecule has 0 aliphatic heterocycles. The highest BCUT2D eigenvalue weighted by Crippen LogP contribution is 2.27. The van der Waals surface area contributed by atoms with Crippen LogP contribution in [-0.2, 0) is 17.3 Å². The van der Waals surface area contributed by atoms with E-state index in [1.54, 1.807) is 44.3 Å². The van der Waals surface area contributed by atoms with E-state index in [0.29, 0.717) is 17.7 Å². The number of nitrogens with one attached hydrogen (secondary N) is 1. The summed E-state index contributed by atoms with van der Waals surface area (Å²) in [5.41, 5.74) is -0.0750. The highest BCUT2D eigenvalue weighted by atomic mass is 16.4. The molecule has 0 aliphatic carbocycles. The Morgan fingerprint density at radius 3 is 2.45 bits per heavy atom. The molecule has 0 aliphatic rings. The molecule has 1 unspecified atom stereocenters. The van der Waals surface area contributed by atoms with Crippen LogP contribution in [0.15, 0.2) is 42.6 Å². The fourth-order valence-corrected chi connectivity index (χ4v) is 2.46. The van der Waals surface area contributed by atoms with Crippen molar-refractivity contribution in [3.8, 4) is 0 Å². The summed E-state index contributed by atoms with van der Waals surface area (Å²) >= 11 is 0. The van der Waals surface area contributed by atoms with Gasteiger partial charge in [-0.25, -0.2) is 0 Å². The Balaban J connectivity index is 2.23. The molecule has 2 aromatic rings. The predicted molar refractivity (Wildman–Crippen MR) is 81.6 cm³/mol. The van der Waals surface area contributed by atoms with E-state index >= 15 is 0 Å². The van der Waals surface area contributed by atoms with E-state index in [1.165, 1.54) is 10.9 Å². The number of amides is 1. The maximum Gasteiger partial charge on any atom is 0.315 e. The fraction of sp³-hybridized carbons (Fsp3) is 0.312. The number of carbonyl (C=O) groups is 2. The Hall–Kier alpha value is -2.63. The zero-order chi connectivity index (χ0) is 16.2. The average molecular weight is 301 g/mol. The number of carboxylic acid groups (broad SMARTS) is 1. The lowest BCUT2D eigenvalue weighted by molar-refractivity contribution is -0.143. The maximum absolute atomic E-state index is 12.2. The normalized spacial score (nSPS) is 13.4. The van der Waals surface area contributed by atoms with Crippen LogP contribution < -0.4 is 5.32 Å². The van der Waals surface area contributed by atoms with Gasteiger partial charge in [0.1, 0.15) is 11.1 Å². The summed E-state index contributed by atoms with van der Waals surface area (Å²) in [4.78, 5) is 24.0. The largest absolute Gasteiger partial charge is 0.481 e. The summed E-state index contributed by atoms with van der Waals surface area (Å²) in [5.74, 6) is -1.29. The summed E-state index contributed by atoms with van der Waals surface area (Å²) in [5, 5.41) is 16.4. The highest BCUT2D eigenvalue weighted by molar-refractivity contribution is 5.93. The summed E-state index contributed by atoms with van der Waals surface area (Å²) < 4.78 is 1.45. The van der Waals surface area contributed by atoms with Gasteiger partial charge in [-0.2, -0.15) is 5.10 Å². The molecule has 1 atom stereocenters. The lowest BCUT2D eigenvalue weighted by atomic mass is 9.78. The van der Waals surface area contributed by atoms with Crippen LogP contribution in [-0.4, -0.2) is 33.3 Å². The maximum atomic E-state index is 12.2. The number of carbonyl (C=O) groups excluding carboxylic acids is 1. The summed E-state index contributed by atoms with van der Waals surface area (Å²) in [6, 6.07) is 10.6. The first-order chi connectivity index (χ1) is 10.5. The molecule has 0 saturated heterocycles. The van der Waals surface area contributed by atoms with E-state index in [1.807, 2.05) is 6.07 Å². The van der Waals surface area contributed by atoms with Crippen molar-refractivity contribution >= 4 is 11.9 Å². The van der Waals surface area contributed by atoms with Crippen LogP contribution in [0.2, 0.25) is 0 Å². The third-order valence-electron chi connectivity index (χ3n) is 3.94. The van der Waals surface area contributed by atoms with E-state index in [2.05, 4.69) is 10.4 Å². The fourth-order valence-electron chi connectivity index (χ4n) is 2.46. The van der Waals surface area contributed by atoms with E-state index < -0.39 is 11.4 Å². The minimum absolute atomic E-state index is 0.0207. The van der Waals surface area contributed by atoms with Crippen LogP contribution in [0, 0.1) is 0 Å². The first kappa shape index (κ1) is 15.8. The van der Waals surface area contributed by atoms with Gasteiger partial charge < -0.3 is 10.4 Å².